The Kier molecular flexibility index (Phi) is 5.85. The predicted molar refractivity (Wildman–Crippen MR) is 107 cm³/mol. The number of anilines is 2. The van der Waals surface area contributed by atoms with E-state index in [1.807, 2.05) is 23.1 Å². The monoisotopic (exact) mass is 420 g/mol. The second-order valence-electron chi connectivity index (χ2n) is 7.45. The molecule has 2 aliphatic rings. The fraction of sp³-hybridized carbons (Fsp3) is 0.409. The van der Waals surface area contributed by atoms with Gasteiger partial charge < -0.3 is 19.7 Å². The summed E-state index contributed by atoms with van der Waals surface area (Å²) >= 11 is 0. The normalized spacial score (nSPS) is 16.3. The van der Waals surface area contributed by atoms with Crippen molar-refractivity contribution < 1.29 is 27.4 Å². The number of ether oxygens (including phenoxy) is 2. The molecule has 8 heteroatoms. The molecule has 1 aliphatic heterocycles. The topological polar surface area (TPSA) is 50.8 Å². The van der Waals surface area contributed by atoms with Gasteiger partial charge in [-0.3, -0.25) is 4.79 Å². The van der Waals surface area contributed by atoms with E-state index in [4.69, 9.17) is 9.47 Å². The standard InChI is InChI=1S/C22H23F3N2O3/c23-22(24,25)17-5-7-20(27-8-10-29-11-9-27)19(13-17)26-21(28)14-30-18-6-4-15-2-1-3-16(15)12-18/h4-7,12-13H,1-3,8-11,14H2,(H,26,28). The summed E-state index contributed by atoms with van der Waals surface area (Å²) in [5, 5.41) is 2.60. The summed E-state index contributed by atoms with van der Waals surface area (Å²) in [5.41, 5.74) is 2.37. The summed E-state index contributed by atoms with van der Waals surface area (Å²) in [7, 11) is 0. The second kappa shape index (κ2) is 8.55. The summed E-state index contributed by atoms with van der Waals surface area (Å²) in [6, 6.07) is 9.14. The molecule has 0 bridgehead atoms. The number of aryl methyl sites for hydroxylation is 2. The molecule has 1 N–H and O–H groups in total. The highest BCUT2D eigenvalue weighted by Gasteiger charge is 2.32. The molecule has 4 rings (SSSR count). The van der Waals surface area contributed by atoms with Gasteiger partial charge in [0.2, 0.25) is 0 Å². The molecule has 1 heterocycles. The maximum absolute atomic E-state index is 13.2. The van der Waals surface area contributed by atoms with Gasteiger partial charge in [0.05, 0.1) is 30.2 Å². The zero-order valence-corrected chi connectivity index (χ0v) is 16.4. The molecule has 2 aromatic rings. The van der Waals surface area contributed by atoms with E-state index < -0.39 is 17.6 Å². The average molecular weight is 420 g/mol. The molecular weight excluding hydrogens is 397 g/mol. The van der Waals surface area contributed by atoms with Gasteiger partial charge in [-0.2, -0.15) is 13.2 Å². The number of carbonyl (C=O) groups excluding carboxylic acids is 1. The third-order valence-electron chi connectivity index (χ3n) is 5.39. The summed E-state index contributed by atoms with van der Waals surface area (Å²) < 4.78 is 50.5. The van der Waals surface area contributed by atoms with E-state index in [0.717, 1.165) is 31.4 Å². The van der Waals surface area contributed by atoms with Gasteiger partial charge in [-0.25, -0.2) is 0 Å². The van der Waals surface area contributed by atoms with Gasteiger partial charge >= 0.3 is 6.18 Å². The van der Waals surface area contributed by atoms with Crippen molar-refractivity contribution >= 4 is 17.3 Å². The van der Waals surface area contributed by atoms with Crippen molar-refractivity contribution in [1.29, 1.82) is 0 Å². The van der Waals surface area contributed by atoms with Crippen molar-refractivity contribution in [3.63, 3.8) is 0 Å². The van der Waals surface area contributed by atoms with E-state index in [1.165, 1.54) is 17.2 Å². The third kappa shape index (κ3) is 4.70. The molecule has 0 saturated carbocycles. The number of hydrogen-bond donors (Lipinski definition) is 1. The smallest absolute Gasteiger partial charge is 0.416 e. The number of fused-ring (bicyclic) bond motifs is 1. The van der Waals surface area contributed by atoms with Gasteiger partial charge in [-0.1, -0.05) is 6.07 Å². The van der Waals surface area contributed by atoms with E-state index in [0.29, 0.717) is 37.7 Å². The predicted octanol–water partition coefficient (Wildman–Crippen LogP) is 4.05. The minimum atomic E-state index is -4.50. The summed E-state index contributed by atoms with van der Waals surface area (Å²) in [5.74, 6) is 0.0765. The van der Waals surface area contributed by atoms with Crippen LogP contribution in [0.25, 0.3) is 0 Å². The Bertz CT molecular complexity index is 924. The van der Waals surface area contributed by atoms with E-state index in [2.05, 4.69) is 5.32 Å². The average Bonchev–Trinajstić information content (AvgIpc) is 3.20. The lowest BCUT2D eigenvalue weighted by molar-refractivity contribution is -0.137. The first-order chi connectivity index (χ1) is 14.4. The van der Waals surface area contributed by atoms with Crippen LogP contribution in [0.2, 0.25) is 0 Å². The molecule has 1 fully saturated rings. The van der Waals surface area contributed by atoms with Gasteiger partial charge in [-0.15, -0.1) is 0 Å². The van der Waals surface area contributed by atoms with Crippen LogP contribution >= 0.6 is 0 Å². The first kappa shape index (κ1) is 20.5. The maximum Gasteiger partial charge on any atom is 0.416 e. The van der Waals surface area contributed by atoms with Crippen molar-refractivity contribution in [2.75, 3.05) is 43.1 Å². The third-order valence-corrected chi connectivity index (χ3v) is 5.39. The Morgan fingerprint density at radius 3 is 2.60 bits per heavy atom. The van der Waals surface area contributed by atoms with Crippen LogP contribution in [0.15, 0.2) is 36.4 Å². The zero-order valence-electron chi connectivity index (χ0n) is 16.4. The minimum absolute atomic E-state index is 0.120. The highest BCUT2D eigenvalue weighted by atomic mass is 19.4. The van der Waals surface area contributed by atoms with Gasteiger partial charge in [-0.05, 0) is 60.7 Å². The van der Waals surface area contributed by atoms with Gasteiger partial charge in [0, 0.05) is 13.1 Å². The molecule has 0 aromatic heterocycles. The fourth-order valence-electron chi connectivity index (χ4n) is 3.87. The lowest BCUT2D eigenvalue weighted by Crippen LogP contribution is -2.37. The molecule has 1 amide bonds. The van der Waals surface area contributed by atoms with Crippen molar-refractivity contribution in [2.45, 2.75) is 25.4 Å². The Balaban J connectivity index is 1.47. The number of nitrogens with one attached hydrogen (secondary N) is 1. The molecule has 5 nitrogen and oxygen atoms in total. The van der Waals surface area contributed by atoms with Crippen LogP contribution in [0, 0.1) is 0 Å². The van der Waals surface area contributed by atoms with Crippen LogP contribution in [0.5, 0.6) is 5.75 Å². The van der Waals surface area contributed by atoms with E-state index >= 15 is 0 Å². The van der Waals surface area contributed by atoms with Crippen LogP contribution in [0.4, 0.5) is 24.5 Å². The molecule has 0 spiro atoms. The lowest BCUT2D eigenvalue weighted by atomic mass is 10.1. The van der Waals surface area contributed by atoms with Crippen molar-refractivity contribution in [3.05, 3.63) is 53.1 Å². The SMILES string of the molecule is O=C(COc1ccc2c(c1)CCC2)Nc1cc(C(F)(F)F)ccc1N1CCOCC1. The minimum Gasteiger partial charge on any atom is -0.484 e. The highest BCUT2D eigenvalue weighted by Crippen LogP contribution is 2.36. The molecule has 0 unspecified atom stereocenters. The Morgan fingerprint density at radius 2 is 1.83 bits per heavy atom. The second-order valence-corrected chi connectivity index (χ2v) is 7.45. The Labute approximate surface area is 172 Å². The Morgan fingerprint density at radius 1 is 1.07 bits per heavy atom. The van der Waals surface area contributed by atoms with Gasteiger partial charge in [0.25, 0.3) is 5.91 Å². The molecule has 0 atom stereocenters. The molecular formula is C22H23F3N2O3. The van der Waals surface area contributed by atoms with Crippen LogP contribution in [-0.4, -0.2) is 38.8 Å². The molecule has 160 valence electrons. The number of hydrogen-bond acceptors (Lipinski definition) is 4. The number of halogens is 3. The van der Waals surface area contributed by atoms with Crippen LogP contribution in [-0.2, 0) is 28.5 Å². The van der Waals surface area contributed by atoms with E-state index in [1.54, 1.807) is 0 Å². The Hall–Kier alpha value is -2.74. The van der Waals surface area contributed by atoms with Crippen molar-refractivity contribution in [3.8, 4) is 5.75 Å². The number of amides is 1. The van der Waals surface area contributed by atoms with Crippen molar-refractivity contribution in [2.24, 2.45) is 0 Å². The maximum atomic E-state index is 13.2. The highest BCUT2D eigenvalue weighted by molar-refractivity contribution is 5.95. The molecule has 1 saturated heterocycles. The van der Waals surface area contributed by atoms with E-state index in [-0.39, 0.29) is 12.3 Å². The number of benzene rings is 2. The molecule has 0 radical (unpaired) electrons. The summed E-state index contributed by atoms with van der Waals surface area (Å²) in [6.45, 7) is 1.77. The largest absolute Gasteiger partial charge is 0.484 e. The van der Waals surface area contributed by atoms with Crippen LogP contribution < -0.4 is 15.0 Å². The number of carbonyl (C=O) groups is 1. The molecule has 2 aromatic carbocycles. The lowest BCUT2D eigenvalue weighted by Gasteiger charge is -2.31. The van der Waals surface area contributed by atoms with Crippen LogP contribution in [0.3, 0.4) is 0 Å². The van der Waals surface area contributed by atoms with Gasteiger partial charge in [0.1, 0.15) is 5.75 Å². The summed E-state index contributed by atoms with van der Waals surface area (Å²) in [4.78, 5) is 14.4. The first-order valence-corrected chi connectivity index (χ1v) is 9.98. The number of alkyl halides is 3. The van der Waals surface area contributed by atoms with Gasteiger partial charge in [0.15, 0.2) is 6.61 Å². The molecule has 30 heavy (non-hydrogen) atoms. The first-order valence-electron chi connectivity index (χ1n) is 9.98. The quantitative estimate of drug-likeness (QED) is 0.793. The van der Waals surface area contributed by atoms with Crippen LogP contribution in [0.1, 0.15) is 23.1 Å². The zero-order chi connectivity index (χ0) is 21.1. The van der Waals surface area contributed by atoms with E-state index in [9.17, 15) is 18.0 Å². The number of morpholine rings is 1. The van der Waals surface area contributed by atoms with Crippen molar-refractivity contribution in [1.82, 2.24) is 0 Å². The number of nitrogens with zero attached hydrogens (tertiary/aromatic N) is 1. The fourth-order valence-corrected chi connectivity index (χ4v) is 3.87. The number of rotatable bonds is 5. The summed E-state index contributed by atoms with van der Waals surface area (Å²) in [6.07, 6.45) is -1.34. The molecule has 1 aliphatic carbocycles.